The molecule has 6 heteroatoms. The monoisotopic (exact) mass is 238 g/mol. The summed E-state index contributed by atoms with van der Waals surface area (Å²) >= 11 is 5.73. The predicted octanol–water partition coefficient (Wildman–Crippen LogP) is 2.02. The van der Waals surface area contributed by atoms with E-state index >= 15 is 0 Å². The second kappa shape index (κ2) is 4.32. The summed E-state index contributed by atoms with van der Waals surface area (Å²) in [5.74, 6) is -0.561. The largest absolute Gasteiger partial charge is 0.481 e. The first-order chi connectivity index (χ1) is 7.65. The summed E-state index contributed by atoms with van der Waals surface area (Å²) in [5.41, 5.74) is 0.702. The van der Waals surface area contributed by atoms with Gasteiger partial charge in [-0.1, -0.05) is 16.8 Å². The Morgan fingerprint density at radius 1 is 1.38 bits per heavy atom. The average molecular weight is 239 g/mol. The van der Waals surface area contributed by atoms with Crippen LogP contribution in [0, 0.1) is 0 Å². The Morgan fingerprint density at radius 3 is 2.69 bits per heavy atom. The minimum Gasteiger partial charge on any atom is -0.481 e. The van der Waals surface area contributed by atoms with Gasteiger partial charge >= 0.3 is 5.97 Å². The lowest BCUT2D eigenvalue weighted by Gasteiger charge is -1.92. The molecule has 0 atom stereocenters. The summed E-state index contributed by atoms with van der Waals surface area (Å²) in [6.07, 6.45) is -0.253. The molecule has 0 radical (unpaired) electrons. The van der Waals surface area contributed by atoms with Crippen LogP contribution in [0.15, 0.2) is 28.8 Å². The van der Waals surface area contributed by atoms with Crippen LogP contribution in [-0.4, -0.2) is 21.2 Å². The van der Waals surface area contributed by atoms with Crippen molar-refractivity contribution in [2.45, 2.75) is 6.42 Å². The molecule has 0 amide bonds. The standard InChI is InChI=1S/C10H7ClN2O3/c11-7-3-1-6(2-4-7)10-12-8(13-16-10)5-9(14)15/h1-4H,5H2,(H,14,15). The molecule has 16 heavy (non-hydrogen) atoms. The van der Waals surface area contributed by atoms with Crippen molar-refractivity contribution in [1.29, 1.82) is 0 Å². The van der Waals surface area contributed by atoms with E-state index in [1.807, 2.05) is 0 Å². The molecule has 0 spiro atoms. The Hall–Kier alpha value is -1.88. The lowest BCUT2D eigenvalue weighted by atomic mass is 10.2. The first kappa shape index (κ1) is 10.6. The highest BCUT2D eigenvalue weighted by Gasteiger charge is 2.11. The van der Waals surface area contributed by atoms with E-state index in [1.165, 1.54) is 0 Å². The van der Waals surface area contributed by atoms with Crippen molar-refractivity contribution < 1.29 is 14.4 Å². The van der Waals surface area contributed by atoms with Crippen LogP contribution in [0.1, 0.15) is 5.82 Å². The van der Waals surface area contributed by atoms with Gasteiger partial charge in [-0.3, -0.25) is 4.79 Å². The molecule has 0 unspecified atom stereocenters. The fourth-order valence-corrected chi connectivity index (χ4v) is 1.30. The van der Waals surface area contributed by atoms with Crippen molar-refractivity contribution in [1.82, 2.24) is 10.1 Å². The van der Waals surface area contributed by atoms with Crippen LogP contribution in [-0.2, 0) is 11.2 Å². The van der Waals surface area contributed by atoms with Crippen molar-refractivity contribution in [3.8, 4) is 11.5 Å². The highest BCUT2D eigenvalue weighted by atomic mass is 35.5. The van der Waals surface area contributed by atoms with E-state index in [1.54, 1.807) is 24.3 Å². The number of aromatic nitrogens is 2. The molecule has 0 aliphatic rings. The van der Waals surface area contributed by atoms with Gasteiger partial charge in [0.25, 0.3) is 5.89 Å². The maximum absolute atomic E-state index is 10.4. The molecule has 5 nitrogen and oxygen atoms in total. The Bertz CT molecular complexity index is 507. The Labute approximate surface area is 95.7 Å². The van der Waals surface area contributed by atoms with Crippen molar-refractivity contribution in [2.75, 3.05) is 0 Å². The van der Waals surface area contributed by atoms with E-state index in [0.717, 1.165) is 0 Å². The average Bonchev–Trinajstić information content (AvgIpc) is 2.66. The number of rotatable bonds is 3. The van der Waals surface area contributed by atoms with Crippen molar-refractivity contribution in [3.05, 3.63) is 35.1 Å². The van der Waals surface area contributed by atoms with Crippen LogP contribution in [0.5, 0.6) is 0 Å². The molecule has 82 valence electrons. The number of hydrogen-bond acceptors (Lipinski definition) is 4. The molecule has 0 aliphatic carbocycles. The van der Waals surface area contributed by atoms with Crippen molar-refractivity contribution in [2.24, 2.45) is 0 Å². The first-order valence-electron chi connectivity index (χ1n) is 4.45. The topological polar surface area (TPSA) is 76.2 Å². The summed E-state index contributed by atoms with van der Waals surface area (Å²) in [5, 5.41) is 12.7. The maximum atomic E-state index is 10.4. The number of aliphatic carboxylic acids is 1. The van der Waals surface area contributed by atoms with Crippen LogP contribution >= 0.6 is 11.6 Å². The number of carbonyl (C=O) groups is 1. The molecule has 0 bridgehead atoms. The fraction of sp³-hybridized carbons (Fsp3) is 0.100. The highest BCUT2D eigenvalue weighted by molar-refractivity contribution is 6.30. The summed E-state index contributed by atoms with van der Waals surface area (Å²) in [6.45, 7) is 0. The van der Waals surface area contributed by atoms with Gasteiger partial charge < -0.3 is 9.63 Å². The zero-order chi connectivity index (χ0) is 11.5. The van der Waals surface area contributed by atoms with Gasteiger partial charge in [-0.25, -0.2) is 0 Å². The number of carboxylic acids is 1. The molecule has 0 aliphatic heterocycles. The van der Waals surface area contributed by atoms with Crippen LogP contribution in [0.2, 0.25) is 5.02 Å². The zero-order valence-corrected chi connectivity index (χ0v) is 8.81. The summed E-state index contributed by atoms with van der Waals surface area (Å²) < 4.78 is 4.92. The maximum Gasteiger partial charge on any atom is 0.311 e. The number of halogens is 1. The molecular formula is C10H7ClN2O3. The Balaban J connectivity index is 2.24. The minimum absolute atomic E-state index is 0.150. The molecule has 1 N–H and O–H groups in total. The highest BCUT2D eigenvalue weighted by Crippen LogP contribution is 2.19. The van der Waals surface area contributed by atoms with Crippen LogP contribution in [0.25, 0.3) is 11.5 Å². The van der Waals surface area contributed by atoms with E-state index in [4.69, 9.17) is 21.2 Å². The molecule has 0 saturated heterocycles. The van der Waals surface area contributed by atoms with E-state index < -0.39 is 5.97 Å². The van der Waals surface area contributed by atoms with Gasteiger partial charge in [-0.2, -0.15) is 4.98 Å². The number of benzene rings is 1. The molecule has 0 fully saturated rings. The Morgan fingerprint density at radius 2 is 2.06 bits per heavy atom. The molecule has 0 saturated carbocycles. The summed E-state index contributed by atoms with van der Waals surface area (Å²) in [6, 6.07) is 6.83. The minimum atomic E-state index is -0.997. The zero-order valence-electron chi connectivity index (χ0n) is 8.05. The van der Waals surface area contributed by atoms with Crippen LogP contribution < -0.4 is 0 Å². The van der Waals surface area contributed by atoms with Gasteiger partial charge in [-0.15, -0.1) is 0 Å². The first-order valence-corrected chi connectivity index (χ1v) is 4.83. The summed E-state index contributed by atoms with van der Waals surface area (Å²) in [7, 11) is 0. The Kier molecular flexibility index (Phi) is 2.87. The summed E-state index contributed by atoms with van der Waals surface area (Å²) in [4.78, 5) is 14.4. The van der Waals surface area contributed by atoms with E-state index in [0.29, 0.717) is 10.6 Å². The van der Waals surface area contributed by atoms with E-state index in [-0.39, 0.29) is 18.1 Å². The van der Waals surface area contributed by atoms with E-state index in [2.05, 4.69) is 10.1 Å². The third-order valence-corrected chi connectivity index (χ3v) is 2.12. The van der Waals surface area contributed by atoms with Crippen molar-refractivity contribution in [3.63, 3.8) is 0 Å². The number of carboxylic acid groups (broad SMARTS) is 1. The van der Waals surface area contributed by atoms with Gasteiger partial charge in [0.2, 0.25) is 0 Å². The van der Waals surface area contributed by atoms with Gasteiger partial charge in [0.05, 0.1) is 0 Å². The van der Waals surface area contributed by atoms with Crippen molar-refractivity contribution >= 4 is 17.6 Å². The SMILES string of the molecule is O=C(O)Cc1noc(-c2ccc(Cl)cc2)n1. The second-order valence-electron chi connectivity index (χ2n) is 3.09. The smallest absolute Gasteiger partial charge is 0.311 e. The molecule has 1 heterocycles. The lowest BCUT2D eigenvalue weighted by Crippen LogP contribution is -2.01. The van der Waals surface area contributed by atoms with E-state index in [9.17, 15) is 4.79 Å². The van der Waals surface area contributed by atoms with Crippen LogP contribution in [0.4, 0.5) is 0 Å². The number of nitrogens with zero attached hydrogens (tertiary/aromatic N) is 2. The molecule has 2 rings (SSSR count). The molecular weight excluding hydrogens is 232 g/mol. The number of hydrogen-bond donors (Lipinski definition) is 1. The quantitative estimate of drug-likeness (QED) is 0.885. The molecule has 1 aromatic heterocycles. The van der Waals surface area contributed by atoms with Gasteiger partial charge in [0.15, 0.2) is 5.82 Å². The van der Waals surface area contributed by atoms with Gasteiger partial charge in [-0.05, 0) is 24.3 Å². The third-order valence-electron chi connectivity index (χ3n) is 1.87. The second-order valence-corrected chi connectivity index (χ2v) is 3.53. The van der Waals surface area contributed by atoms with Crippen LogP contribution in [0.3, 0.4) is 0 Å². The fourth-order valence-electron chi connectivity index (χ4n) is 1.17. The third kappa shape index (κ3) is 2.38. The van der Waals surface area contributed by atoms with Gasteiger partial charge in [0, 0.05) is 10.6 Å². The molecule has 2 aromatic rings. The normalized spacial score (nSPS) is 10.3. The lowest BCUT2D eigenvalue weighted by molar-refractivity contribution is -0.136. The predicted molar refractivity (Wildman–Crippen MR) is 56.1 cm³/mol. The molecule has 1 aromatic carbocycles. The van der Waals surface area contributed by atoms with Gasteiger partial charge in [0.1, 0.15) is 6.42 Å².